The number of amides is 3. The lowest BCUT2D eigenvalue weighted by Crippen LogP contribution is -2.29. The zero-order chi connectivity index (χ0) is 24.6. The summed E-state index contributed by atoms with van der Waals surface area (Å²) in [6.07, 6.45) is 3.17. The first-order valence-electron chi connectivity index (χ1n) is 10.6. The molecule has 1 aliphatic heterocycles. The minimum Gasteiger partial charge on any atom is -0.496 e. The first-order chi connectivity index (χ1) is 16.1. The van der Waals surface area contributed by atoms with E-state index < -0.39 is 0 Å². The maximum atomic E-state index is 12.7. The second-order valence-electron chi connectivity index (χ2n) is 8.83. The van der Waals surface area contributed by atoms with E-state index in [0.717, 1.165) is 0 Å². The number of allylic oxidation sites excluding steroid dienone is 1. The van der Waals surface area contributed by atoms with Crippen molar-refractivity contribution in [1.82, 2.24) is 10.3 Å². The fourth-order valence-electron chi connectivity index (χ4n) is 4.42. The van der Waals surface area contributed by atoms with Crippen LogP contribution in [0.25, 0.3) is 0 Å². The first-order valence-corrected chi connectivity index (χ1v) is 11.4. The number of halogens is 2. The number of nitrogens with zero attached hydrogens (tertiary/aromatic N) is 2. The second kappa shape index (κ2) is 9.24. The highest BCUT2D eigenvalue weighted by atomic mass is 35.5. The van der Waals surface area contributed by atoms with Gasteiger partial charge in [0.15, 0.2) is 0 Å². The molecule has 0 saturated heterocycles. The monoisotopic (exact) mass is 499 g/mol. The van der Waals surface area contributed by atoms with E-state index in [1.165, 1.54) is 18.2 Å². The van der Waals surface area contributed by atoms with Crippen molar-refractivity contribution in [2.24, 2.45) is 22.4 Å². The number of ether oxygens (including phenoxy) is 1. The number of hydrogen-bond donors (Lipinski definition) is 1. The Morgan fingerprint density at radius 2 is 1.79 bits per heavy atom. The Bertz CT molecular complexity index is 1200. The van der Waals surface area contributed by atoms with Crippen molar-refractivity contribution in [2.75, 3.05) is 7.11 Å². The van der Waals surface area contributed by atoms with Crippen molar-refractivity contribution < 1.29 is 19.1 Å². The fraction of sp³-hybridized carbons (Fsp3) is 0.280. The van der Waals surface area contributed by atoms with E-state index in [9.17, 15) is 14.4 Å². The van der Waals surface area contributed by atoms with Crippen LogP contribution in [0.3, 0.4) is 0 Å². The molecule has 1 aliphatic carbocycles. The maximum Gasteiger partial charge on any atom is 0.261 e. The lowest BCUT2D eigenvalue weighted by Gasteiger charge is -2.16. The average molecular weight is 500 g/mol. The van der Waals surface area contributed by atoms with Crippen molar-refractivity contribution >= 4 is 47.1 Å². The summed E-state index contributed by atoms with van der Waals surface area (Å²) in [6.45, 7) is 3.98. The Hall–Kier alpha value is -3.16. The molecule has 2 aliphatic rings. The number of rotatable bonds is 7. The molecule has 1 saturated carbocycles. The highest BCUT2D eigenvalue weighted by Gasteiger charge is 2.60. The summed E-state index contributed by atoms with van der Waals surface area (Å²) in [4.78, 5) is 39.2. The van der Waals surface area contributed by atoms with Crippen LogP contribution < -0.4 is 10.2 Å². The number of hydrazone groups is 1. The second-order valence-corrected chi connectivity index (χ2v) is 9.84. The number of methoxy groups -OCH3 is 1. The molecule has 4 rings (SSSR count). The minimum atomic E-state index is -0.346. The summed E-state index contributed by atoms with van der Waals surface area (Å²) in [7, 11) is 1.52. The van der Waals surface area contributed by atoms with Crippen LogP contribution in [0.4, 0.5) is 0 Å². The fourth-order valence-corrected chi connectivity index (χ4v) is 4.69. The normalized spacial score (nSPS) is 20.3. The average Bonchev–Trinajstić information content (AvgIpc) is 3.25. The van der Waals surface area contributed by atoms with Gasteiger partial charge in [-0.15, -0.1) is 0 Å². The zero-order valence-corrected chi connectivity index (χ0v) is 20.4. The Morgan fingerprint density at radius 3 is 2.38 bits per heavy atom. The number of fused-ring (bicyclic) bond motifs is 1. The summed E-state index contributed by atoms with van der Waals surface area (Å²) in [5, 5.41) is 4.07. The summed E-state index contributed by atoms with van der Waals surface area (Å²) in [6, 6.07) is 12.0. The molecule has 1 heterocycles. The molecule has 7 nitrogen and oxygen atoms in total. The van der Waals surface area contributed by atoms with Gasteiger partial charge in [-0.2, -0.15) is 5.10 Å². The van der Waals surface area contributed by atoms with Gasteiger partial charge in [-0.3, -0.25) is 19.3 Å². The third kappa shape index (κ3) is 4.45. The van der Waals surface area contributed by atoms with Gasteiger partial charge in [0.05, 0.1) is 36.9 Å². The number of benzene rings is 2. The Balaban J connectivity index is 1.47. The van der Waals surface area contributed by atoms with Gasteiger partial charge in [0.1, 0.15) is 10.2 Å². The predicted molar refractivity (Wildman–Crippen MR) is 130 cm³/mol. The van der Waals surface area contributed by atoms with E-state index in [4.69, 9.17) is 27.9 Å². The maximum absolute atomic E-state index is 12.7. The van der Waals surface area contributed by atoms with Gasteiger partial charge >= 0.3 is 0 Å². The van der Waals surface area contributed by atoms with Crippen molar-refractivity contribution in [1.29, 1.82) is 0 Å². The molecule has 0 radical (unpaired) electrons. The Kier molecular flexibility index (Phi) is 6.51. The third-order valence-electron chi connectivity index (χ3n) is 6.40. The Morgan fingerprint density at radius 1 is 1.15 bits per heavy atom. The molecule has 0 spiro atoms. The molecule has 2 atom stereocenters. The number of carbonyl (C=O) groups excluding carboxylic acids is 3. The molecule has 1 N–H and O–H groups in total. The number of nitrogens with one attached hydrogen (secondary N) is 1. The lowest BCUT2D eigenvalue weighted by molar-refractivity contribution is -0.123. The molecule has 2 aromatic rings. The van der Waals surface area contributed by atoms with Gasteiger partial charge in [-0.05, 0) is 53.3 Å². The lowest BCUT2D eigenvalue weighted by atomic mass is 10.1. The molecular formula is C25H23Cl2N3O4. The van der Waals surface area contributed by atoms with Crippen LogP contribution in [0.5, 0.6) is 5.75 Å². The number of hydrogen-bond acceptors (Lipinski definition) is 5. The smallest absolute Gasteiger partial charge is 0.261 e. The SMILES string of the molecule is COc1ccc(C=NNC(=O)C2C(C=C(Cl)Cl)C2(C)C)cc1CN1C(=O)c2ccccc2C1=O. The number of carbonyl (C=O) groups is 3. The van der Waals surface area contributed by atoms with Crippen molar-refractivity contribution in [2.45, 2.75) is 20.4 Å². The van der Waals surface area contributed by atoms with Crippen LogP contribution in [0.15, 0.2) is 58.1 Å². The largest absolute Gasteiger partial charge is 0.496 e. The van der Waals surface area contributed by atoms with E-state index >= 15 is 0 Å². The van der Waals surface area contributed by atoms with Gasteiger partial charge in [-0.25, -0.2) is 5.43 Å². The molecule has 2 aromatic carbocycles. The first kappa shape index (κ1) is 24.0. The van der Waals surface area contributed by atoms with Crippen LogP contribution >= 0.6 is 23.2 Å². The van der Waals surface area contributed by atoms with Crippen molar-refractivity contribution in [3.8, 4) is 5.75 Å². The van der Waals surface area contributed by atoms with Gasteiger partial charge in [0.25, 0.3) is 11.8 Å². The van der Waals surface area contributed by atoms with Gasteiger partial charge < -0.3 is 4.74 Å². The van der Waals surface area contributed by atoms with E-state index in [2.05, 4.69) is 10.5 Å². The van der Waals surface area contributed by atoms with Crippen LogP contribution in [-0.2, 0) is 11.3 Å². The van der Waals surface area contributed by atoms with Crippen LogP contribution in [0, 0.1) is 17.3 Å². The third-order valence-corrected chi connectivity index (χ3v) is 6.65. The van der Waals surface area contributed by atoms with Crippen LogP contribution in [0.2, 0.25) is 0 Å². The van der Waals surface area contributed by atoms with Crippen LogP contribution in [0.1, 0.15) is 45.7 Å². The summed E-state index contributed by atoms with van der Waals surface area (Å²) >= 11 is 11.5. The molecule has 2 unspecified atom stereocenters. The summed E-state index contributed by atoms with van der Waals surface area (Å²) in [5.74, 6) is -0.720. The predicted octanol–water partition coefficient (Wildman–Crippen LogP) is 4.53. The molecule has 0 aromatic heterocycles. The van der Waals surface area contributed by atoms with E-state index in [0.29, 0.717) is 28.0 Å². The molecule has 0 bridgehead atoms. The summed E-state index contributed by atoms with van der Waals surface area (Å²) < 4.78 is 5.56. The molecule has 3 amide bonds. The molecule has 176 valence electrons. The topological polar surface area (TPSA) is 88.1 Å². The standard InChI is InChI=1S/C25H23Cl2N3O4/c1-25(2)18(11-20(26)27)21(25)22(31)29-28-12-14-8-9-19(34-3)15(10-14)13-30-23(32)16-6-4-5-7-17(16)24(30)33/h4-12,18,21H,13H2,1-3H3,(H,29,31). The summed E-state index contributed by atoms with van der Waals surface area (Å²) in [5.41, 5.74) is 4.39. The Labute approximate surface area is 207 Å². The van der Waals surface area contributed by atoms with Gasteiger partial charge in [-0.1, -0.05) is 49.2 Å². The zero-order valence-electron chi connectivity index (χ0n) is 18.8. The van der Waals surface area contributed by atoms with Gasteiger partial charge in [0.2, 0.25) is 5.91 Å². The van der Waals surface area contributed by atoms with Gasteiger partial charge in [0, 0.05) is 5.56 Å². The quantitative estimate of drug-likeness (QED) is 0.344. The van der Waals surface area contributed by atoms with Crippen molar-refractivity contribution in [3.63, 3.8) is 0 Å². The molecule has 1 fully saturated rings. The molecule has 34 heavy (non-hydrogen) atoms. The van der Waals surface area contributed by atoms with Crippen LogP contribution in [-0.4, -0.2) is 35.9 Å². The number of imide groups is 1. The highest BCUT2D eigenvalue weighted by Crippen LogP contribution is 2.59. The van der Waals surface area contributed by atoms with E-state index in [1.54, 1.807) is 48.5 Å². The van der Waals surface area contributed by atoms with E-state index in [-0.39, 0.29) is 46.0 Å². The minimum absolute atomic E-state index is 0.0486. The highest BCUT2D eigenvalue weighted by molar-refractivity contribution is 6.55. The molecular weight excluding hydrogens is 477 g/mol. The molecule has 9 heteroatoms. The van der Waals surface area contributed by atoms with Crippen molar-refractivity contribution in [3.05, 3.63) is 75.3 Å². The van der Waals surface area contributed by atoms with E-state index in [1.807, 2.05) is 13.8 Å².